The molecule has 0 bridgehead atoms. The Balaban J connectivity index is 1.65. The first-order valence-electron chi connectivity index (χ1n) is 6.76. The molecule has 3 rings (SSSR count). The van der Waals surface area contributed by atoms with Crippen LogP contribution in [0.2, 0.25) is 0 Å². The maximum Gasteiger partial charge on any atom is 0.236 e. The number of amides is 1. The molecule has 23 heavy (non-hydrogen) atoms. The fraction of sp³-hybridized carbons (Fsp3) is 0.125. The Labute approximate surface area is 139 Å². The molecule has 2 aromatic carbocycles. The van der Waals surface area contributed by atoms with Gasteiger partial charge in [0.1, 0.15) is 11.6 Å². The molecule has 0 aliphatic carbocycles. The zero-order valence-corrected chi connectivity index (χ0v) is 13.7. The van der Waals surface area contributed by atoms with Crippen LogP contribution in [0.3, 0.4) is 0 Å². The summed E-state index contributed by atoms with van der Waals surface area (Å²) in [4.78, 5) is 16.4. The molecule has 1 amide bonds. The van der Waals surface area contributed by atoms with Gasteiger partial charge in [-0.2, -0.15) is 0 Å². The van der Waals surface area contributed by atoms with Crippen LogP contribution < -0.4 is 5.32 Å². The molecule has 0 fully saturated rings. The summed E-state index contributed by atoms with van der Waals surface area (Å²) in [5.41, 5.74) is 1.94. The first-order chi connectivity index (χ1) is 11.0. The van der Waals surface area contributed by atoms with Gasteiger partial charge in [0, 0.05) is 4.90 Å². The van der Waals surface area contributed by atoms with Crippen molar-refractivity contribution in [1.82, 2.24) is 4.98 Å². The van der Waals surface area contributed by atoms with E-state index in [4.69, 9.17) is 0 Å². The Morgan fingerprint density at radius 1 is 1.26 bits per heavy atom. The SMILES string of the molecule is Cc1ccc2nc(NC(=O)CSc3cc(F)ccc3F)sc2c1. The van der Waals surface area contributed by atoms with Crippen LogP contribution in [0, 0.1) is 18.6 Å². The number of carbonyl (C=O) groups is 1. The van der Waals surface area contributed by atoms with Crippen LogP contribution >= 0.6 is 23.1 Å². The minimum absolute atomic E-state index is 0.0185. The second-order valence-electron chi connectivity index (χ2n) is 4.90. The van der Waals surface area contributed by atoms with Gasteiger partial charge in [-0.25, -0.2) is 13.8 Å². The summed E-state index contributed by atoms with van der Waals surface area (Å²) < 4.78 is 27.6. The van der Waals surface area contributed by atoms with Gasteiger partial charge in [-0.1, -0.05) is 17.4 Å². The molecule has 0 aliphatic rings. The normalized spacial score (nSPS) is 10.9. The molecule has 7 heteroatoms. The molecular weight excluding hydrogens is 338 g/mol. The number of nitrogens with one attached hydrogen (secondary N) is 1. The topological polar surface area (TPSA) is 42.0 Å². The number of carbonyl (C=O) groups excluding carboxylic acids is 1. The van der Waals surface area contributed by atoms with E-state index in [1.54, 1.807) is 0 Å². The predicted molar refractivity (Wildman–Crippen MR) is 90.1 cm³/mol. The third-order valence-electron chi connectivity index (χ3n) is 3.04. The molecule has 118 valence electrons. The van der Waals surface area contributed by atoms with Gasteiger partial charge in [0.2, 0.25) is 5.91 Å². The highest BCUT2D eigenvalue weighted by atomic mass is 32.2. The number of aryl methyl sites for hydroxylation is 1. The summed E-state index contributed by atoms with van der Waals surface area (Å²) in [6, 6.07) is 9.02. The Bertz CT molecular complexity index is 880. The summed E-state index contributed by atoms with van der Waals surface area (Å²) in [6.07, 6.45) is 0. The van der Waals surface area contributed by atoms with Gasteiger partial charge in [-0.05, 0) is 42.8 Å². The summed E-state index contributed by atoms with van der Waals surface area (Å²) >= 11 is 2.33. The van der Waals surface area contributed by atoms with Gasteiger partial charge >= 0.3 is 0 Å². The molecule has 0 saturated carbocycles. The zero-order chi connectivity index (χ0) is 16.4. The lowest BCUT2D eigenvalue weighted by atomic mass is 10.2. The van der Waals surface area contributed by atoms with Gasteiger partial charge < -0.3 is 5.32 Å². The fourth-order valence-corrected chi connectivity index (χ4v) is 3.71. The van der Waals surface area contributed by atoms with Crippen molar-refractivity contribution in [3.05, 3.63) is 53.6 Å². The smallest absolute Gasteiger partial charge is 0.236 e. The number of anilines is 1. The van der Waals surface area contributed by atoms with Crippen molar-refractivity contribution >= 4 is 44.4 Å². The van der Waals surface area contributed by atoms with Crippen molar-refractivity contribution < 1.29 is 13.6 Å². The molecule has 1 N–H and O–H groups in total. The number of thiazole rings is 1. The molecule has 1 heterocycles. The van der Waals surface area contributed by atoms with E-state index in [0.29, 0.717) is 5.13 Å². The lowest BCUT2D eigenvalue weighted by Gasteiger charge is -2.03. The van der Waals surface area contributed by atoms with Crippen molar-refractivity contribution in [2.45, 2.75) is 11.8 Å². The molecule has 1 aromatic heterocycles. The number of hydrogen-bond donors (Lipinski definition) is 1. The van der Waals surface area contributed by atoms with Crippen LogP contribution in [0.5, 0.6) is 0 Å². The van der Waals surface area contributed by atoms with Crippen molar-refractivity contribution in [3.63, 3.8) is 0 Å². The summed E-state index contributed by atoms with van der Waals surface area (Å²) in [5.74, 6) is -1.40. The van der Waals surface area contributed by atoms with E-state index in [9.17, 15) is 13.6 Å². The van der Waals surface area contributed by atoms with Crippen LogP contribution in [0.4, 0.5) is 13.9 Å². The number of nitrogens with zero attached hydrogens (tertiary/aromatic N) is 1. The molecule has 0 saturated heterocycles. The van der Waals surface area contributed by atoms with Gasteiger partial charge in [-0.3, -0.25) is 4.79 Å². The van der Waals surface area contributed by atoms with E-state index in [-0.39, 0.29) is 16.6 Å². The maximum atomic E-state index is 13.5. The molecule has 0 radical (unpaired) electrons. The molecule has 3 aromatic rings. The third-order valence-corrected chi connectivity index (χ3v) is 5.01. The number of fused-ring (bicyclic) bond motifs is 1. The Morgan fingerprint density at radius 2 is 2.09 bits per heavy atom. The number of hydrogen-bond acceptors (Lipinski definition) is 4. The number of halogens is 2. The lowest BCUT2D eigenvalue weighted by molar-refractivity contribution is -0.113. The van der Waals surface area contributed by atoms with Crippen molar-refractivity contribution in [2.75, 3.05) is 11.1 Å². The van der Waals surface area contributed by atoms with Gasteiger partial charge in [0.25, 0.3) is 0 Å². The first-order valence-corrected chi connectivity index (χ1v) is 8.56. The Kier molecular flexibility index (Phi) is 4.58. The quantitative estimate of drug-likeness (QED) is 0.699. The fourth-order valence-electron chi connectivity index (χ4n) is 1.97. The van der Waals surface area contributed by atoms with Crippen LogP contribution in [-0.2, 0) is 4.79 Å². The van der Waals surface area contributed by atoms with E-state index < -0.39 is 11.6 Å². The average molecular weight is 350 g/mol. The van der Waals surface area contributed by atoms with Crippen LogP contribution in [0.1, 0.15) is 5.56 Å². The second-order valence-corrected chi connectivity index (χ2v) is 6.95. The maximum absolute atomic E-state index is 13.5. The zero-order valence-electron chi connectivity index (χ0n) is 12.1. The van der Waals surface area contributed by atoms with E-state index in [1.807, 2.05) is 25.1 Å². The van der Waals surface area contributed by atoms with Crippen molar-refractivity contribution in [2.24, 2.45) is 0 Å². The predicted octanol–water partition coefficient (Wildman–Crippen LogP) is 4.61. The second kappa shape index (κ2) is 6.64. The largest absolute Gasteiger partial charge is 0.301 e. The molecule has 0 unspecified atom stereocenters. The highest BCUT2D eigenvalue weighted by molar-refractivity contribution is 8.00. The van der Waals surface area contributed by atoms with E-state index in [2.05, 4.69) is 10.3 Å². The van der Waals surface area contributed by atoms with Crippen LogP contribution in [0.25, 0.3) is 10.2 Å². The monoisotopic (exact) mass is 350 g/mol. The van der Waals surface area contributed by atoms with Crippen LogP contribution in [0.15, 0.2) is 41.3 Å². The minimum Gasteiger partial charge on any atom is -0.301 e. The molecule has 0 atom stereocenters. The number of thioether (sulfide) groups is 1. The molecular formula is C16H12F2N2OS2. The van der Waals surface area contributed by atoms with Crippen molar-refractivity contribution in [3.8, 4) is 0 Å². The number of aromatic nitrogens is 1. The van der Waals surface area contributed by atoms with Crippen LogP contribution in [-0.4, -0.2) is 16.6 Å². The van der Waals surface area contributed by atoms with Crippen molar-refractivity contribution in [1.29, 1.82) is 0 Å². The summed E-state index contributed by atoms with van der Waals surface area (Å²) in [7, 11) is 0. The van der Waals surface area contributed by atoms with Gasteiger partial charge in [0.15, 0.2) is 5.13 Å². The number of rotatable bonds is 4. The van der Waals surface area contributed by atoms with E-state index in [1.165, 1.54) is 11.3 Å². The Morgan fingerprint density at radius 3 is 2.91 bits per heavy atom. The molecule has 0 aliphatic heterocycles. The van der Waals surface area contributed by atoms with E-state index in [0.717, 1.165) is 45.7 Å². The van der Waals surface area contributed by atoms with E-state index >= 15 is 0 Å². The lowest BCUT2D eigenvalue weighted by Crippen LogP contribution is -2.13. The summed E-state index contributed by atoms with van der Waals surface area (Å²) in [5, 5.41) is 3.18. The summed E-state index contributed by atoms with van der Waals surface area (Å²) in [6.45, 7) is 1.99. The third kappa shape index (κ3) is 3.86. The van der Waals surface area contributed by atoms with Gasteiger partial charge in [0.05, 0.1) is 16.0 Å². The molecule has 0 spiro atoms. The van der Waals surface area contributed by atoms with Gasteiger partial charge in [-0.15, -0.1) is 11.8 Å². The minimum atomic E-state index is -0.542. The highest BCUT2D eigenvalue weighted by Crippen LogP contribution is 2.27. The Hall–Kier alpha value is -1.99. The standard InChI is InChI=1S/C16H12F2N2OS2/c1-9-2-5-12-14(6-9)23-16(19-12)20-15(21)8-22-13-7-10(17)3-4-11(13)18/h2-7H,8H2,1H3,(H,19,20,21). The highest BCUT2D eigenvalue weighted by Gasteiger charge is 2.11. The first kappa shape index (κ1) is 15.9. The average Bonchev–Trinajstić information content (AvgIpc) is 2.89. The molecule has 3 nitrogen and oxygen atoms in total. The number of benzene rings is 2.